The Balaban J connectivity index is 2.86. The highest BCUT2D eigenvalue weighted by molar-refractivity contribution is 5.86. The Morgan fingerprint density at radius 1 is 1.50 bits per heavy atom. The van der Waals surface area contributed by atoms with E-state index in [-0.39, 0.29) is 19.6 Å². The predicted octanol–water partition coefficient (Wildman–Crippen LogP) is -0.225. The highest BCUT2D eigenvalue weighted by Gasteiger charge is 2.37. The van der Waals surface area contributed by atoms with Gasteiger partial charge in [-0.2, -0.15) is 0 Å². The molecular weight excluding hydrogens is 268 g/mol. The predicted molar refractivity (Wildman–Crippen MR) is 68.2 cm³/mol. The molecule has 0 bridgehead atoms. The lowest BCUT2D eigenvalue weighted by Gasteiger charge is -2.37. The lowest BCUT2D eigenvalue weighted by Crippen LogP contribution is -2.58. The van der Waals surface area contributed by atoms with Crippen molar-refractivity contribution < 1.29 is 29.0 Å². The highest BCUT2D eigenvalue weighted by atomic mass is 16.5. The van der Waals surface area contributed by atoms with Crippen LogP contribution in [0.2, 0.25) is 0 Å². The van der Waals surface area contributed by atoms with Crippen molar-refractivity contribution in [1.29, 1.82) is 0 Å². The number of rotatable bonds is 4. The molecule has 2 amide bonds. The maximum absolute atomic E-state index is 12.4. The SMILES string of the molecule is CCC(C(=O)O)N(C)C(=O)N1CCOCC1C(=O)OC. The maximum atomic E-state index is 12.4. The zero-order valence-corrected chi connectivity index (χ0v) is 11.9. The van der Waals surface area contributed by atoms with E-state index in [9.17, 15) is 14.4 Å². The normalized spacial score (nSPS) is 20.1. The molecule has 2 atom stereocenters. The zero-order chi connectivity index (χ0) is 15.3. The van der Waals surface area contributed by atoms with Crippen molar-refractivity contribution in [3.8, 4) is 0 Å². The molecule has 1 rings (SSSR count). The average Bonchev–Trinajstić information content (AvgIpc) is 2.45. The first-order valence-electron chi connectivity index (χ1n) is 6.35. The van der Waals surface area contributed by atoms with Crippen LogP contribution >= 0.6 is 0 Å². The van der Waals surface area contributed by atoms with Crippen molar-refractivity contribution in [3.05, 3.63) is 0 Å². The van der Waals surface area contributed by atoms with E-state index < -0.39 is 30.1 Å². The molecule has 0 spiro atoms. The van der Waals surface area contributed by atoms with E-state index in [1.807, 2.05) is 0 Å². The number of amides is 2. The van der Waals surface area contributed by atoms with Crippen molar-refractivity contribution in [3.63, 3.8) is 0 Å². The van der Waals surface area contributed by atoms with Crippen LogP contribution < -0.4 is 0 Å². The quantitative estimate of drug-likeness (QED) is 0.718. The summed E-state index contributed by atoms with van der Waals surface area (Å²) in [7, 11) is 2.64. The minimum Gasteiger partial charge on any atom is -0.480 e. The number of likely N-dealkylation sites (N-methyl/N-ethyl adjacent to an activating group) is 1. The summed E-state index contributed by atoms with van der Waals surface area (Å²) in [6.07, 6.45) is 0.283. The van der Waals surface area contributed by atoms with Gasteiger partial charge in [-0.1, -0.05) is 6.92 Å². The fourth-order valence-corrected chi connectivity index (χ4v) is 2.11. The second-order valence-electron chi connectivity index (χ2n) is 4.46. The van der Waals surface area contributed by atoms with Gasteiger partial charge in [0.25, 0.3) is 0 Å². The summed E-state index contributed by atoms with van der Waals surface area (Å²) in [6, 6.07) is -2.28. The van der Waals surface area contributed by atoms with Crippen LogP contribution in [0.15, 0.2) is 0 Å². The minimum atomic E-state index is -1.08. The average molecular weight is 288 g/mol. The first-order valence-corrected chi connectivity index (χ1v) is 6.35. The number of nitrogens with zero attached hydrogens (tertiary/aromatic N) is 2. The van der Waals surface area contributed by atoms with Gasteiger partial charge in [0.05, 0.1) is 20.3 Å². The number of carbonyl (C=O) groups excluding carboxylic acids is 2. The van der Waals surface area contributed by atoms with E-state index >= 15 is 0 Å². The Morgan fingerprint density at radius 2 is 2.15 bits per heavy atom. The molecule has 0 aromatic carbocycles. The second kappa shape index (κ2) is 7.09. The third-order valence-electron chi connectivity index (χ3n) is 3.29. The van der Waals surface area contributed by atoms with Gasteiger partial charge in [0.15, 0.2) is 6.04 Å². The molecule has 0 saturated carbocycles. The largest absolute Gasteiger partial charge is 0.480 e. The van der Waals surface area contributed by atoms with E-state index in [1.54, 1.807) is 6.92 Å². The molecule has 1 fully saturated rings. The van der Waals surface area contributed by atoms with Crippen LogP contribution in [0.4, 0.5) is 4.79 Å². The van der Waals surface area contributed by atoms with Crippen LogP contribution in [0, 0.1) is 0 Å². The number of morpholine rings is 1. The van der Waals surface area contributed by atoms with Gasteiger partial charge in [-0.3, -0.25) is 0 Å². The van der Waals surface area contributed by atoms with Crippen LogP contribution in [0.5, 0.6) is 0 Å². The molecule has 1 heterocycles. The van der Waals surface area contributed by atoms with Crippen LogP contribution in [0.1, 0.15) is 13.3 Å². The number of methoxy groups -OCH3 is 1. The van der Waals surface area contributed by atoms with E-state index in [0.717, 1.165) is 4.90 Å². The Bertz CT molecular complexity index is 386. The van der Waals surface area contributed by atoms with E-state index in [4.69, 9.17) is 9.84 Å². The molecule has 20 heavy (non-hydrogen) atoms. The third-order valence-corrected chi connectivity index (χ3v) is 3.29. The molecule has 0 aromatic heterocycles. The summed E-state index contributed by atoms with van der Waals surface area (Å²) >= 11 is 0. The van der Waals surface area contributed by atoms with Crippen LogP contribution in [-0.4, -0.2) is 78.9 Å². The van der Waals surface area contributed by atoms with Gasteiger partial charge in [0.2, 0.25) is 0 Å². The Labute approximate surface area is 117 Å². The van der Waals surface area contributed by atoms with Gasteiger partial charge in [0.1, 0.15) is 6.04 Å². The lowest BCUT2D eigenvalue weighted by molar-refractivity contribution is -0.151. The molecule has 1 saturated heterocycles. The molecule has 8 nitrogen and oxygen atoms in total. The Morgan fingerprint density at radius 3 is 2.65 bits per heavy atom. The number of carbonyl (C=O) groups is 3. The van der Waals surface area contributed by atoms with Gasteiger partial charge in [-0.15, -0.1) is 0 Å². The number of esters is 1. The fourth-order valence-electron chi connectivity index (χ4n) is 2.11. The number of carboxylic acids is 1. The molecule has 1 aliphatic heterocycles. The first kappa shape index (κ1) is 16.2. The molecule has 2 unspecified atom stereocenters. The molecule has 1 aliphatic rings. The third kappa shape index (κ3) is 3.38. The van der Waals surface area contributed by atoms with Crippen molar-refractivity contribution in [2.45, 2.75) is 25.4 Å². The van der Waals surface area contributed by atoms with Crippen LogP contribution in [0.25, 0.3) is 0 Å². The zero-order valence-electron chi connectivity index (χ0n) is 11.9. The van der Waals surface area contributed by atoms with Gasteiger partial charge in [0, 0.05) is 13.6 Å². The summed E-state index contributed by atoms with van der Waals surface area (Å²) in [5, 5.41) is 9.08. The van der Waals surface area contributed by atoms with Gasteiger partial charge in [-0.25, -0.2) is 14.4 Å². The standard InChI is InChI=1S/C12H20N2O6/c1-4-8(10(15)16)13(2)12(18)14-5-6-20-7-9(14)11(17)19-3/h8-9H,4-7H2,1-3H3,(H,15,16). The second-order valence-corrected chi connectivity index (χ2v) is 4.46. The molecule has 114 valence electrons. The minimum absolute atomic E-state index is 0.0517. The van der Waals surface area contributed by atoms with Crippen molar-refractivity contribution in [2.24, 2.45) is 0 Å². The van der Waals surface area contributed by atoms with Gasteiger partial charge >= 0.3 is 18.0 Å². The molecule has 8 heteroatoms. The van der Waals surface area contributed by atoms with Crippen molar-refractivity contribution in [2.75, 3.05) is 33.9 Å². The Kier molecular flexibility index (Phi) is 5.75. The Hall–Kier alpha value is -1.83. The fraction of sp³-hybridized carbons (Fsp3) is 0.750. The van der Waals surface area contributed by atoms with E-state index in [0.29, 0.717) is 6.61 Å². The van der Waals surface area contributed by atoms with E-state index in [2.05, 4.69) is 4.74 Å². The number of ether oxygens (including phenoxy) is 2. The molecular formula is C12H20N2O6. The molecule has 0 aliphatic carbocycles. The number of hydrogen-bond donors (Lipinski definition) is 1. The molecule has 0 radical (unpaired) electrons. The van der Waals surface area contributed by atoms with Gasteiger partial charge in [-0.05, 0) is 6.42 Å². The van der Waals surface area contributed by atoms with Crippen LogP contribution in [0.3, 0.4) is 0 Å². The summed E-state index contributed by atoms with van der Waals surface area (Å²) in [5.41, 5.74) is 0. The summed E-state index contributed by atoms with van der Waals surface area (Å²) in [4.78, 5) is 37.5. The lowest BCUT2D eigenvalue weighted by atomic mass is 10.2. The monoisotopic (exact) mass is 288 g/mol. The summed E-state index contributed by atoms with van der Waals surface area (Å²) < 4.78 is 9.81. The highest BCUT2D eigenvalue weighted by Crippen LogP contribution is 2.14. The summed E-state index contributed by atoms with van der Waals surface area (Å²) in [6.45, 7) is 2.26. The van der Waals surface area contributed by atoms with Gasteiger partial charge < -0.3 is 24.4 Å². The number of carboxylic acid groups (broad SMARTS) is 1. The number of aliphatic carboxylic acids is 1. The maximum Gasteiger partial charge on any atom is 0.331 e. The first-order chi connectivity index (χ1) is 9.43. The smallest absolute Gasteiger partial charge is 0.331 e. The van der Waals surface area contributed by atoms with E-state index in [1.165, 1.54) is 19.1 Å². The summed E-state index contributed by atoms with van der Waals surface area (Å²) in [5.74, 6) is -1.65. The van der Waals surface area contributed by atoms with Crippen molar-refractivity contribution >= 4 is 18.0 Å². The van der Waals surface area contributed by atoms with Crippen LogP contribution in [-0.2, 0) is 19.1 Å². The van der Waals surface area contributed by atoms with Crippen molar-refractivity contribution in [1.82, 2.24) is 9.80 Å². The topological polar surface area (TPSA) is 96.4 Å². The molecule has 1 N–H and O–H groups in total. The number of urea groups is 1. The molecule has 0 aromatic rings. The number of hydrogen-bond acceptors (Lipinski definition) is 5.